The van der Waals surface area contributed by atoms with Crippen LogP contribution in [0.5, 0.6) is 0 Å². The smallest absolute Gasteiger partial charge is 0.143 e. The molecular weight excluding hydrogens is 270 g/mol. The standard InChI is InChI=1S/C14H19N5S/c1-14(2)7-12(8-20-9-14)16-11-4-3-5-13(6-11)19-10-15-17-18-19/h3-6,10,12,16H,7-9H2,1-2H3. The van der Waals surface area contributed by atoms with Gasteiger partial charge in [-0.25, -0.2) is 4.68 Å². The summed E-state index contributed by atoms with van der Waals surface area (Å²) in [4.78, 5) is 0. The first-order valence-electron chi connectivity index (χ1n) is 6.80. The van der Waals surface area contributed by atoms with E-state index in [1.165, 1.54) is 17.9 Å². The number of hydrogen-bond donors (Lipinski definition) is 1. The summed E-state index contributed by atoms with van der Waals surface area (Å²) >= 11 is 2.03. The van der Waals surface area contributed by atoms with Crippen molar-refractivity contribution in [3.63, 3.8) is 0 Å². The van der Waals surface area contributed by atoms with Crippen molar-refractivity contribution in [3.8, 4) is 5.69 Å². The number of hydrogen-bond acceptors (Lipinski definition) is 5. The summed E-state index contributed by atoms with van der Waals surface area (Å²) in [5, 5.41) is 14.9. The summed E-state index contributed by atoms with van der Waals surface area (Å²) in [5.74, 6) is 2.41. The van der Waals surface area contributed by atoms with Crippen LogP contribution >= 0.6 is 11.8 Å². The third-order valence-electron chi connectivity index (χ3n) is 3.44. The Kier molecular flexibility index (Phi) is 3.65. The second kappa shape index (κ2) is 5.44. The van der Waals surface area contributed by atoms with E-state index in [2.05, 4.69) is 46.8 Å². The molecule has 1 saturated heterocycles. The van der Waals surface area contributed by atoms with E-state index < -0.39 is 0 Å². The van der Waals surface area contributed by atoms with Gasteiger partial charge in [-0.2, -0.15) is 11.8 Å². The van der Waals surface area contributed by atoms with Crippen molar-refractivity contribution in [2.75, 3.05) is 16.8 Å². The van der Waals surface area contributed by atoms with E-state index in [4.69, 9.17) is 0 Å². The van der Waals surface area contributed by atoms with Crippen LogP contribution in [0.4, 0.5) is 5.69 Å². The van der Waals surface area contributed by atoms with Gasteiger partial charge in [0.15, 0.2) is 0 Å². The first-order chi connectivity index (χ1) is 9.62. The van der Waals surface area contributed by atoms with Gasteiger partial charge in [-0.3, -0.25) is 0 Å². The molecule has 1 aliphatic rings. The zero-order valence-corrected chi connectivity index (χ0v) is 12.6. The van der Waals surface area contributed by atoms with E-state index >= 15 is 0 Å². The van der Waals surface area contributed by atoms with Crippen LogP contribution in [0.3, 0.4) is 0 Å². The number of nitrogens with zero attached hydrogens (tertiary/aromatic N) is 4. The van der Waals surface area contributed by atoms with Gasteiger partial charge < -0.3 is 5.32 Å². The van der Waals surface area contributed by atoms with Crippen molar-refractivity contribution in [2.45, 2.75) is 26.3 Å². The molecule has 20 heavy (non-hydrogen) atoms. The lowest BCUT2D eigenvalue weighted by atomic mass is 9.88. The maximum Gasteiger partial charge on any atom is 0.143 e. The largest absolute Gasteiger partial charge is 0.381 e. The highest BCUT2D eigenvalue weighted by molar-refractivity contribution is 7.99. The Labute approximate surface area is 123 Å². The molecule has 1 fully saturated rings. The van der Waals surface area contributed by atoms with Crippen LogP contribution in [0.1, 0.15) is 20.3 Å². The summed E-state index contributed by atoms with van der Waals surface area (Å²) < 4.78 is 1.67. The van der Waals surface area contributed by atoms with E-state index in [9.17, 15) is 0 Å². The lowest BCUT2D eigenvalue weighted by molar-refractivity contribution is 0.358. The fraction of sp³-hybridized carbons (Fsp3) is 0.500. The number of aromatic nitrogens is 4. The third-order valence-corrected chi connectivity index (χ3v) is 5.06. The van der Waals surface area contributed by atoms with Gasteiger partial charge in [0, 0.05) is 17.5 Å². The molecule has 1 N–H and O–H groups in total. The topological polar surface area (TPSA) is 55.6 Å². The van der Waals surface area contributed by atoms with E-state index in [1.54, 1.807) is 11.0 Å². The number of anilines is 1. The predicted molar refractivity (Wildman–Crippen MR) is 82.3 cm³/mol. The number of nitrogens with one attached hydrogen (secondary N) is 1. The summed E-state index contributed by atoms with van der Waals surface area (Å²) in [6.45, 7) is 4.68. The predicted octanol–water partition coefficient (Wildman–Crippen LogP) is 2.61. The Morgan fingerprint density at radius 2 is 2.30 bits per heavy atom. The molecule has 1 unspecified atom stereocenters. The van der Waals surface area contributed by atoms with Gasteiger partial charge >= 0.3 is 0 Å². The molecular formula is C14H19N5S. The monoisotopic (exact) mass is 289 g/mol. The summed E-state index contributed by atoms with van der Waals surface area (Å²) in [5.41, 5.74) is 2.51. The molecule has 3 rings (SSSR count). The van der Waals surface area contributed by atoms with Gasteiger partial charge in [0.25, 0.3) is 0 Å². The zero-order chi connectivity index (χ0) is 14.0. The Balaban J connectivity index is 1.73. The highest BCUT2D eigenvalue weighted by Crippen LogP contribution is 2.34. The summed E-state index contributed by atoms with van der Waals surface area (Å²) in [6, 6.07) is 8.73. The van der Waals surface area contributed by atoms with E-state index in [1.807, 2.05) is 23.9 Å². The maximum atomic E-state index is 3.92. The minimum absolute atomic E-state index is 0.411. The summed E-state index contributed by atoms with van der Waals surface area (Å²) in [6.07, 6.45) is 2.81. The van der Waals surface area contributed by atoms with Crippen LogP contribution in [0.2, 0.25) is 0 Å². The van der Waals surface area contributed by atoms with Crippen molar-refractivity contribution in [1.82, 2.24) is 20.2 Å². The molecule has 5 nitrogen and oxygen atoms in total. The molecule has 0 amide bonds. The molecule has 1 aliphatic heterocycles. The molecule has 6 heteroatoms. The van der Waals surface area contributed by atoms with Gasteiger partial charge in [0.1, 0.15) is 6.33 Å². The minimum Gasteiger partial charge on any atom is -0.381 e. The van der Waals surface area contributed by atoms with Crippen LogP contribution in [0.15, 0.2) is 30.6 Å². The summed E-state index contributed by atoms with van der Waals surface area (Å²) in [7, 11) is 0. The minimum atomic E-state index is 0.411. The quantitative estimate of drug-likeness (QED) is 0.941. The number of thioether (sulfide) groups is 1. The number of tetrazole rings is 1. The molecule has 0 spiro atoms. The van der Waals surface area contributed by atoms with Crippen molar-refractivity contribution in [3.05, 3.63) is 30.6 Å². The van der Waals surface area contributed by atoms with Crippen LogP contribution in [-0.2, 0) is 0 Å². The molecule has 0 saturated carbocycles. The van der Waals surface area contributed by atoms with Crippen molar-refractivity contribution in [1.29, 1.82) is 0 Å². The maximum absolute atomic E-state index is 3.92. The first-order valence-corrected chi connectivity index (χ1v) is 7.96. The Bertz CT molecular complexity index is 567. The number of benzene rings is 1. The SMILES string of the molecule is CC1(C)CSCC(Nc2cccc(-n3cnnn3)c2)C1. The fourth-order valence-electron chi connectivity index (χ4n) is 2.61. The van der Waals surface area contributed by atoms with Crippen molar-refractivity contribution >= 4 is 17.4 Å². The Morgan fingerprint density at radius 1 is 1.40 bits per heavy atom. The molecule has 1 aromatic heterocycles. The Hall–Kier alpha value is -1.56. The zero-order valence-electron chi connectivity index (χ0n) is 11.8. The van der Waals surface area contributed by atoms with Crippen molar-refractivity contribution < 1.29 is 0 Å². The average Bonchev–Trinajstić information content (AvgIpc) is 2.91. The Morgan fingerprint density at radius 3 is 3.05 bits per heavy atom. The van der Waals surface area contributed by atoms with E-state index in [-0.39, 0.29) is 0 Å². The van der Waals surface area contributed by atoms with Gasteiger partial charge in [0.05, 0.1) is 5.69 Å². The molecule has 1 atom stereocenters. The van der Waals surface area contributed by atoms with E-state index in [0.717, 1.165) is 11.4 Å². The third kappa shape index (κ3) is 3.12. The van der Waals surface area contributed by atoms with Crippen LogP contribution in [0.25, 0.3) is 5.69 Å². The highest BCUT2D eigenvalue weighted by Gasteiger charge is 2.28. The number of rotatable bonds is 3. The van der Waals surface area contributed by atoms with Gasteiger partial charge in [-0.1, -0.05) is 19.9 Å². The molecule has 106 valence electrons. The second-order valence-electron chi connectivity index (χ2n) is 6.03. The fourth-order valence-corrected chi connectivity index (χ4v) is 3.88. The normalized spacial score (nSPS) is 21.6. The van der Waals surface area contributed by atoms with Crippen LogP contribution < -0.4 is 5.32 Å². The van der Waals surface area contributed by atoms with E-state index in [0.29, 0.717) is 11.5 Å². The van der Waals surface area contributed by atoms with Crippen molar-refractivity contribution in [2.24, 2.45) is 5.41 Å². The van der Waals surface area contributed by atoms with Gasteiger partial charge in [0.2, 0.25) is 0 Å². The molecule has 0 bridgehead atoms. The molecule has 0 radical (unpaired) electrons. The average molecular weight is 289 g/mol. The second-order valence-corrected chi connectivity index (χ2v) is 7.06. The first kappa shape index (κ1) is 13.4. The molecule has 2 heterocycles. The lowest BCUT2D eigenvalue weighted by Crippen LogP contribution is -2.35. The van der Waals surface area contributed by atoms with Gasteiger partial charge in [-0.15, -0.1) is 5.10 Å². The highest BCUT2D eigenvalue weighted by atomic mass is 32.2. The molecule has 0 aliphatic carbocycles. The molecule has 1 aromatic carbocycles. The van der Waals surface area contributed by atoms with Crippen LogP contribution in [0, 0.1) is 5.41 Å². The van der Waals surface area contributed by atoms with Crippen LogP contribution in [-0.4, -0.2) is 37.8 Å². The molecule has 2 aromatic rings. The lowest BCUT2D eigenvalue weighted by Gasteiger charge is -2.35. The van der Waals surface area contributed by atoms with Gasteiger partial charge in [-0.05, 0) is 46.2 Å².